The van der Waals surface area contributed by atoms with Crippen LogP contribution in [0.25, 0.3) is 11.0 Å². The van der Waals surface area contributed by atoms with E-state index in [2.05, 4.69) is 4.98 Å². The van der Waals surface area contributed by atoms with Crippen molar-refractivity contribution in [3.63, 3.8) is 0 Å². The molecule has 2 heterocycles. The number of carbonyl (C=O) groups is 1. The highest BCUT2D eigenvalue weighted by Gasteiger charge is 2.27. The number of para-hydroxylation sites is 2. The summed E-state index contributed by atoms with van der Waals surface area (Å²) in [6.45, 7) is 1.03. The number of hydrogen-bond donors (Lipinski definition) is 2. The van der Waals surface area contributed by atoms with Crippen LogP contribution in [0.4, 0.5) is 0 Å². The van der Waals surface area contributed by atoms with E-state index in [4.69, 9.17) is 11.6 Å². The SMILES string of the molecule is O=C(c1cc(Cl)ccc1O)N1CCC(n2c(=O)[nH]c3ccccc32)CC1. The van der Waals surface area contributed by atoms with E-state index in [-0.39, 0.29) is 29.0 Å². The Morgan fingerprint density at radius 2 is 1.88 bits per heavy atom. The lowest BCUT2D eigenvalue weighted by Crippen LogP contribution is -2.40. The number of piperidine rings is 1. The summed E-state index contributed by atoms with van der Waals surface area (Å²) in [5.41, 5.74) is 1.79. The molecule has 0 atom stereocenters. The molecular weight excluding hydrogens is 354 g/mol. The van der Waals surface area contributed by atoms with Crippen molar-refractivity contribution in [1.82, 2.24) is 14.5 Å². The number of likely N-dealkylation sites (tertiary alicyclic amines) is 1. The van der Waals surface area contributed by atoms with Gasteiger partial charge in [-0.15, -0.1) is 0 Å². The van der Waals surface area contributed by atoms with Gasteiger partial charge in [-0.3, -0.25) is 9.36 Å². The number of hydrogen-bond acceptors (Lipinski definition) is 3. The molecular formula is C19H18ClN3O3. The topological polar surface area (TPSA) is 78.3 Å². The Hall–Kier alpha value is -2.73. The fraction of sp³-hybridized carbons (Fsp3) is 0.263. The summed E-state index contributed by atoms with van der Waals surface area (Å²) in [7, 11) is 0. The maximum absolute atomic E-state index is 12.7. The van der Waals surface area contributed by atoms with Crippen LogP contribution in [0.3, 0.4) is 0 Å². The average Bonchev–Trinajstić information content (AvgIpc) is 2.99. The van der Waals surface area contributed by atoms with Gasteiger partial charge in [0.15, 0.2) is 0 Å². The first-order valence-corrected chi connectivity index (χ1v) is 8.89. The zero-order valence-corrected chi connectivity index (χ0v) is 14.7. The molecule has 2 aromatic carbocycles. The van der Waals surface area contributed by atoms with Gasteiger partial charge in [-0.05, 0) is 43.2 Å². The molecule has 2 N–H and O–H groups in total. The molecule has 0 spiro atoms. The van der Waals surface area contributed by atoms with E-state index in [1.54, 1.807) is 15.5 Å². The molecule has 0 aliphatic carbocycles. The number of aromatic amines is 1. The van der Waals surface area contributed by atoms with Crippen LogP contribution in [-0.2, 0) is 0 Å². The molecule has 134 valence electrons. The lowest BCUT2D eigenvalue weighted by Gasteiger charge is -2.32. The zero-order chi connectivity index (χ0) is 18.3. The van der Waals surface area contributed by atoms with Crippen LogP contribution in [0.1, 0.15) is 29.2 Å². The summed E-state index contributed by atoms with van der Waals surface area (Å²) in [5.74, 6) is -0.316. The van der Waals surface area contributed by atoms with Gasteiger partial charge in [0, 0.05) is 24.2 Å². The fourth-order valence-corrected chi connectivity index (χ4v) is 3.79. The molecule has 1 aliphatic rings. The minimum atomic E-state index is -0.241. The van der Waals surface area contributed by atoms with Crippen molar-refractivity contribution < 1.29 is 9.90 Å². The number of benzene rings is 2. The molecule has 0 radical (unpaired) electrons. The summed E-state index contributed by atoms with van der Waals surface area (Å²) in [6.07, 6.45) is 1.35. The standard InChI is InChI=1S/C19H18ClN3O3/c20-12-5-6-17(24)14(11-12)18(25)22-9-7-13(8-10-22)23-16-4-2-1-3-15(16)21-19(23)26/h1-6,11,13,24H,7-10H2,(H,21,26). The van der Waals surface area contributed by atoms with E-state index >= 15 is 0 Å². The molecule has 0 unspecified atom stereocenters. The minimum absolute atomic E-state index is 0.0376. The average molecular weight is 372 g/mol. The summed E-state index contributed by atoms with van der Waals surface area (Å²) >= 11 is 5.94. The Morgan fingerprint density at radius 3 is 2.65 bits per heavy atom. The van der Waals surface area contributed by atoms with E-state index in [9.17, 15) is 14.7 Å². The first-order chi connectivity index (χ1) is 12.5. The Bertz CT molecular complexity index is 1030. The number of aromatic hydroxyl groups is 1. The number of imidazole rings is 1. The van der Waals surface area contributed by atoms with E-state index in [1.165, 1.54) is 12.1 Å². The second-order valence-electron chi connectivity index (χ2n) is 6.50. The smallest absolute Gasteiger partial charge is 0.326 e. The first kappa shape index (κ1) is 16.7. The number of phenolic OH excluding ortho intramolecular Hbond substituents is 1. The molecule has 26 heavy (non-hydrogen) atoms. The van der Waals surface area contributed by atoms with Crippen LogP contribution < -0.4 is 5.69 Å². The molecule has 1 amide bonds. The third-order valence-electron chi connectivity index (χ3n) is 4.93. The summed E-state index contributed by atoms with van der Waals surface area (Å²) in [6, 6.07) is 12.1. The molecule has 1 saturated heterocycles. The highest BCUT2D eigenvalue weighted by atomic mass is 35.5. The Labute approximate surface area is 154 Å². The van der Waals surface area contributed by atoms with Crippen molar-refractivity contribution in [1.29, 1.82) is 0 Å². The Morgan fingerprint density at radius 1 is 1.15 bits per heavy atom. The number of amides is 1. The number of fused-ring (bicyclic) bond motifs is 1. The Kier molecular flexibility index (Phi) is 4.20. The molecule has 4 rings (SSSR count). The highest BCUT2D eigenvalue weighted by Crippen LogP contribution is 2.28. The predicted molar refractivity (Wildman–Crippen MR) is 99.9 cm³/mol. The monoisotopic (exact) mass is 371 g/mol. The molecule has 1 aromatic heterocycles. The number of nitrogens with one attached hydrogen (secondary N) is 1. The number of aromatic nitrogens is 2. The molecule has 1 fully saturated rings. The van der Waals surface area contributed by atoms with Gasteiger partial charge in [0.2, 0.25) is 0 Å². The van der Waals surface area contributed by atoms with E-state index in [0.29, 0.717) is 31.0 Å². The van der Waals surface area contributed by atoms with Crippen molar-refractivity contribution in [2.75, 3.05) is 13.1 Å². The third kappa shape index (κ3) is 2.86. The second kappa shape index (κ2) is 6.53. The van der Waals surface area contributed by atoms with Gasteiger partial charge in [0.1, 0.15) is 5.75 Å². The number of carbonyl (C=O) groups excluding carboxylic acids is 1. The molecule has 0 bridgehead atoms. The van der Waals surface area contributed by atoms with Crippen molar-refractivity contribution in [2.45, 2.75) is 18.9 Å². The summed E-state index contributed by atoms with van der Waals surface area (Å²) in [5, 5.41) is 10.3. The van der Waals surface area contributed by atoms with Crippen molar-refractivity contribution >= 4 is 28.5 Å². The maximum atomic E-state index is 12.7. The minimum Gasteiger partial charge on any atom is -0.507 e. The Balaban J connectivity index is 1.54. The van der Waals surface area contributed by atoms with Crippen LogP contribution in [0.15, 0.2) is 47.3 Å². The van der Waals surface area contributed by atoms with Gasteiger partial charge in [-0.25, -0.2) is 4.79 Å². The fourth-order valence-electron chi connectivity index (χ4n) is 3.61. The van der Waals surface area contributed by atoms with Gasteiger partial charge in [-0.2, -0.15) is 0 Å². The molecule has 6 nitrogen and oxygen atoms in total. The summed E-state index contributed by atoms with van der Waals surface area (Å²) < 4.78 is 1.79. The third-order valence-corrected chi connectivity index (χ3v) is 5.16. The van der Waals surface area contributed by atoms with Gasteiger partial charge in [-0.1, -0.05) is 23.7 Å². The number of rotatable bonds is 2. The van der Waals surface area contributed by atoms with Crippen LogP contribution in [-0.4, -0.2) is 38.6 Å². The van der Waals surface area contributed by atoms with E-state index < -0.39 is 0 Å². The zero-order valence-electron chi connectivity index (χ0n) is 14.0. The lowest BCUT2D eigenvalue weighted by molar-refractivity contribution is 0.0692. The van der Waals surface area contributed by atoms with Crippen molar-refractivity contribution in [3.05, 3.63) is 63.5 Å². The number of phenols is 1. The van der Waals surface area contributed by atoms with Gasteiger partial charge in [0.05, 0.1) is 16.6 Å². The van der Waals surface area contributed by atoms with E-state index in [0.717, 1.165) is 11.0 Å². The summed E-state index contributed by atoms with van der Waals surface area (Å²) in [4.78, 5) is 29.6. The van der Waals surface area contributed by atoms with Crippen LogP contribution in [0.2, 0.25) is 5.02 Å². The normalized spacial score (nSPS) is 15.5. The van der Waals surface area contributed by atoms with Gasteiger partial charge in [0.25, 0.3) is 5.91 Å². The first-order valence-electron chi connectivity index (χ1n) is 8.51. The highest BCUT2D eigenvalue weighted by molar-refractivity contribution is 6.31. The largest absolute Gasteiger partial charge is 0.507 e. The van der Waals surface area contributed by atoms with Crippen molar-refractivity contribution in [3.8, 4) is 5.75 Å². The van der Waals surface area contributed by atoms with Crippen LogP contribution >= 0.6 is 11.6 Å². The maximum Gasteiger partial charge on any atom is 0.326 e. The number of nitrogens with zero attached hydrogens (tertiary/aromatic N) is 2. The molecule has 7 heteroatoms. The van der Waals surface area contributed by atoms with Crippen molar-refractivity contribution in [2.24, 2.45) is 0 Å². The number of H-pyrrole nitrogens is 1. The van der Waals surface area contributed by atoms with Crippen LogP contribution in [0.5, 0.6) is 5.75 Å². The number of halogens is 1. The second-order valence-corrected chi connectivity index (χ2v) is 6.94. The molecule has 0 saturated carbocycles. The molecule has 1 aliphatic heterocycles. The van der Waals surface area contributed by atoms with Gasteiger partial charge < -0.3 is 15.0 Å². The van der Waals surface area contributed by atoms with Gasteiger partial charge >= 0.3 is 5.69 Å². The lowest BCUT2D eigenvalue weighted by atomic mass is 10.0. The van der Waals surface area contributed by atoms with Crippen LogP contribution in [0, 0.1) is 0 Å². The van der Waals surface area contributed by atoms with E-state index in [1.807, 2.05) is 24.3 Å². The quantitative estimate of drug-likeness (QED) is 0.726. The molecule has 3 aromatic rings. The predicted octanol–water partition coefficient (Wildman–Crippen LogP) is 3.17.